The molecule has 0 aromatic heterocycles. The van der Waals surface area contributed by atoms with Crippen molar-refractivity contribution in [3.05, 3.63) is 29.1 Å². The summed E-state index contributed by atoms with van der Waals surface area (Å²) in [6, 6.07) is 3.59. The van der Waals surface area contributed by atoms with E-state index in [1.165, 1.54) is 0 Å². The van der Waals surface area contributed by atoms with Crippen LogP contribution in [0.5, 0.6) is 0 Å². The maximum absolute atomic E-state index is 14.5. The van der Waals surface area contributed by atoms with E-state index in [1.54, 1.807) is 6.07 Å². The molecule has 4 rings (SSSR count). The van der Waals surface area contributed by atoms with Gasteiger partial charge in [0.25, 0.3) is 0 Å². The van der Waals surface area contributed by atoms with Crippen LogP contribution in [0.3, 0.4) is 0 Å². The average molecular weight is 348 g/mol. The SMILES string of the molecule is Cc1cc(F)c2c(c1)CCCN2CC(=O)N1CCC2(CC1)OCCO2. The molecule has 3 aliphatic rings. The Labute approximate surface area is 147 Å². The minimum Gasteiger partial charge on any atom is -0.360 e. The molecule has 0 aliphatic carbocycles. The summed E-state index contributed by atoms with van der Waals surface area (Å²) < 4.78 is 25.9. The number of likely N-dealkylation sites (tertiary alicyclic amines) is 1. The molecule has 1 aromatic rings. The van der Waals surface area contributed by atoms with Crippen LogP contribution in [0.25, 0.3) is 0 Å². The standard InChI is InChI=1S/C19H25FN2O3/c1-14-11-15-3-2-6-22(18(15)16(20)12-14)13-17(23)21-7-4-19(5-8-21)24-9-10-25-19/h11-12H,2-10,13H2,1H3. The van der Waals surface area contributed by atoms with Gasteiger partial charge in [-0.2, -0.15) is 0 Å². The Morgan fingerprint density at radius 2 is 1.92 bits per heavy atom. The number of piperidine rings is 1. The number of nitrogens with zero attached hydrogens (tertiary/aromatic N) is 2. The van der Waals surface area contributed by atoms with Gasteiger partial charge in [0, 0.05) is 32.5 Å². The zero-order valence-corrected chi connectivity index (χ0v) is 14.7. The minimum atomic E-state index is -0.474. The number of carbonyl (C=O) groups is 1. The lowest BCUT2D eigenvalue weighted by atomic mass is 9.99. The summed E-state index contributed by atoms with van der Waals surface area (Å²) in [6.45, 7) is 5.41. The van der Waals surface area contributed by atoms with Crippen molar-refractivity contribution < 1.29 is 18.7 Å². The van der Waals surface area contributed by atoms with E-state index < -0.39 is 5.79 Å². The van der Waals surface area contributed by atoms with Crippen LogP contribution in [-0.2, 0) is 20.7 Å². The van der Waals surface area contributed by atoms with Gasteiger partial charge in [-0.3, -0.25) is 4.79 Å². The van der Waals surface area contributed by atoms with Gasteiger partial charge < -0.3 is 19.3 Å². The van der Waals surface area contributed by atoms with Crippen molar-refractivity contribution in [3.63, 3.8) is 0 Å². The third-order valence-corrected chi connectivity index (χ3v) is 5.49. The van der Waals surface area contributed by atoms with Gasteiger partial charge in [-0.1, -0.05) is 6.07 Å². The van der Waals surface area contributed by atoms with Crippen molar-refractivity contribution in [1.29, 1.82) is 0 Å². The van der Waals surface area contributed by atoms with E-state index in [4.69, 9.17) is 9.47 Å². The van der Waals surface area contributed by atoms with Crippen molar-refractivity contribution >= 4 is 11.6 Å². The quantitative estimate of drug-likeness (QED) is 0.822. The first-order chi connectivity index (χ1) is 12.1. The van der Waals surface area contributed by atoms with Crippen LogP contribution >= 0.6 is 0 Å². The zero-order valence-electron chi connectivity index (χ0n) is 14.7. The molecule has 6 heteroatoms. The Balaban J connectivity index is 1.43. The average Bonchev–Trinajstić information content (AvgIpc) is 3.03. The molecule has 0 N–H and O–H groups in total. The van der Waals surface area contributed by atoms with Gasteiger partial charge in [-0.05, 0) is 37.0 Å². The predicted octanol–water partition coefficient (Wildman–Crippen LogP) is 2.25. The number of anilines is 1. The highest BCUT2D eigenvalue weighted by Gasteiger charge is 2.41. The number of hydrogen-bond donors (Lipinski definition) is 0. The van der Waals surface area contributed by atoms with Gasteiger partial charge in [-0.25, -0.2) is 4.39 Å². The number of ether oxygens (including phenoxy) is 2. The second-order valence-corrected chi connectivity index (χ2v) is 7.27. The van der Waals surface area contributed by atoms with Crippen LogP contribution in [-0.4, -0.2) is 56.0 Å². The van der Waals surface area contributed by atoms with E-state index in [0.717, 1.165) is 30.5 Å². The topological polar surface area (TPSA) is 42.0 Å². The van der Waals surface area contributed by atoms with E-state index in [1.807, 2.05) is 22.8 Å². The number of fused-ring (bicyclic) bond motifs is 1. The molecular weight excluding hydrogens is 323 g/mol. The summed E-state index contributed by atoms with van der Waals surface area (Å²) >= 11 is 0. The maximum atomic E-state index is 14.5. The first-order valence-electron chi connectivity index (χ1n) is 9.16. The first kappa shape index (κ1) is 16.8. The van der Waals surface area contributed by atoms with E-state index in [0.29, 0.717) is 44.8 Å². The maximum Gasteiger partial charge on any atom is 0.242 e. The van der Waals surface area contributed by atoms with Gasteiger partial charge in [0.1, 0.15) is 5.82 Å². The fourth-order valence-electron chi connectivity index (χ4n) is 4.23. The van der Waals surface area contributed by atoms with Crippen molar-refractivity contribution in [2.75, 3.05) is 44.3 Å². The normalized spacial score (nSPS) is 22.3. The fourth-order valence-corrected chi connectivity index (χ4v) is 4.23. The van der Waals surface area contributed by atoms with E-state index in [9.17, 15) is 9.18 Å². The second-order valence-electron chi connectivity index (χ2n) is 7.27. The summed E-state index contributed by atoms with van der Waals surface area (Å²) in [5.41, 5.74) is 2.56. The molecule has 5 nitrogen and oxygen atoms in total. The van der Waals surface area contributed by atoms with Gasteiger partial charge in [-0.15, -0.1) is 0 Å². The lowest BCUT2D eigenvalue weighted by molar-refractivity contribution is -0.187. The lowest BCUT2D eigenvalue weighted by Gasteiger charge is -2.39. The molecule has 1 amide bonds. The molecule has 136 valence electrons. The Morgan fingerprint density at radius 3 is 2.64 bits per heavy atom. The van der Waals surface area contributed by atoms with Gasteiger partial charge in [0.15, 0.2) is 5.79 Å². The van der Waals surface area contributed by atoms with E-state index in [2.05, 4.69) is 0 Å². The van der Waals surface area contributed by atoms with Crippen LogP contribution < -0.4 is 4.90 Å². The largest absolute Gasteiger partial charge is 0.360 e. The molecule has 0 saturated carbocycles. The molecule has 1 aromatic carbocycles. The predicted molar refractivity (Wildman–Crippen MR) is 92.1 cm³/mol. The number of amides is 1. The Bertz CT molecular complexity index is 663. The Hall–Kier alpha value is -1.66. The van der Waals surface area contributed by atoms with Gasteiger partial charge in [0.05, 0.1) is 25.4 Å². The highest BCUT2D eigenvalue weighted by Crippen LogP contribution is 2.33. The van der Waals surface area contributed by atoms with Crippen molar-refractivity contribution in [1.82, 2.24) is 4.90 Å². The number of rotatable bonds is 2. The Kier molecular flexibility index (Phi) is 4.41. The van der Waals surface area contributed by atoms with E-state index >= 15 is 0 Å². The van der Waals surface area contributed by atoms with Crippen LogP contribution in [0.4, 0.5) is 10.1 Å². The Morgan fingerprint density at radius 1 is 1.20 bits per heavy atom. The van der Waals surface area contributed by atoms with Crippen molar-refractivity contribution in [2.24, 2.45) is 0 Å². The molecule has 2 fully saturated rings. The van der Waals surface area contributed by atoms with Crippen LogP contribution in [0.1, 0.15) is 30.4 Å². The number of hydrogen-bond acceptors (Lipinski definition) is 4. The molecule has 2 saturated heterocycles. The van der Waals surface area contributed by atoms with Crippen LogP contribution in [0.15, 0.2) is 12.1 Å². The third kappa shape index (κ3) is 3.25. The minimum absolute atomic E-state index is 0.0562. The molecule has 0 unspecified atom stereocenters. The third-order valence-electron chi connectivity index (χ3n) is 5.49. The van der Waals surface area contributed by atoms with Crippen molar-refractivity contribution in [3.8, 4) is 0 Å². The van der Waals surface area contributed by atoms with Crippen LogP contribution in [0, 0.1) is 12.7 Å². The molecule has 0 radical (unpaired) electrons. The summed E-state index contributed by atoms with van der Waals surface area (Å²) in [5, 5.41) is 0. The molecule has 25 heavy (non-hydrogen) atoms. The van der Waals surface area contributed by atoms with E-state index in [-0.39, 0.29) is 18.3 Å². The summed E-state index contributed by atoms with van der Waals surface area (Å²) in [6.07, 6.45) is 3.25. The van der Waals surface area contributed by atoms with Gasteiger partial charge >= 0.3 is 0 Å². The number of halogens is 1. The molecular formula is C19H25FN2O3. The first-order valence-corrected chi connectivity index (χ1v) is 9.16. The van der Waals surface area contributed by atoms with Crippen LogP contribution in [0.2, 0.25) is 0 Å². The fraction of sp³-hybridized carbons (Fsp3) is 0.632. The summed E-state index contributed by atoms with van der Waals surface area (Å²) in [5.74, 6) is -0.633. The monoisotopic (exact) mass is 348 g/mol. The summed E-state index contributed by atoms with van der Waals surface area (Å²) in [7, 11) is 0. The smallest absolute Gasteiger partial charge is 0.242 e. The lowest BCUT2D eigenvalue weighted by Crippen LogP contribution is -2.50. The molecule has 0 bridgehead atoms. The molecule has 1 spiro atoms. The second kappa shape index (κ2) is 6.57. The highest BCUT2D eigenvalue weighted by molar-refractivity contribution is 5.82. The molecule has 3 aliphatic heterocycles. The molecule has 0 atom stereocenters. The van der Waals surface area contributed by atoms with Gasteiger partial charge in [0.2, 0.25) is 5.91 Å². The number of carbonyl (C=O) groups excluding carboxylic acids is 1. The molecule has 3 heterocycles. The number of benzene rings is 1. The summed E-state index contributed by atoms with van der Waals surface area (Å²) in [4.78, 5) is 16.5. The number of aryl methyl sites for hydroxylation is 2. The van der Waals surface area contributed by atoms with Crippen molar-refractivity contribution in [2.45, 2.75) is 38.4 Å². The highest BCUT2D eigenvalue weighted by atomic mass is 19.1. The zero-order chi connectivity index (χ0) is 17.4.